The number of nitrogens with one attached hydrogen (secondary N) is 4. The number of esters is 2. The number of likely N-dealkylation sites (tertiary alicyclic amines) is 1. The Kier molecular flexibility index (Phi) is 40.2. The van der Waals surface area contributed by atoms with Crippen LogP contribution in [0, 0.1) is 11.8 Å². The minimum atomic E-state index is -4.26. The van der Waals surface area contributed by atoms with Crippen molar-refractivity contribution in [3.8, 4) is 5.75 Å². The van der Waals surface area contributed by atoms with Gasteiger partial charge in [0, 0.05) is 54.6 Å². The van der Waals surface area contributed by atoms with Crippen LogP contribution in [-0.2, 0) is 89.8 Å². The second-order valence-electron chi connectivity index (χ2n) is 35.0. The molecule has 0 aromatic heterocycles. The van der Waals surface area contributed by atoms with Crippen LogP contribution < -0.4 is 26.0 Å². The Balaban J connectivity index is 0.000000192. The van der Waals surface area contributed by atoms with Gasteiger partial charge in [-0.3, -0.25) is 27.5 Å². The number of allylic oxidation sites excluding steroid dienone is 2. The fourth-order valence-corrected chi connectivity index (χ4v) is 28.8. The van der Waals surface area contributed by atoms with Gasteiger partial charge in [-0.25, -0.2) is 19.2 Å². The van der Waals surface area contributed by atoms with Crippen LogP contribution >= 0.6 is 59.2 Å². The van der Waals surface area contributed by atoms with Crippen molar-refractivity contribution in [2.75, 3.05) is 27.3 Å². The Morgan fingerprint density at radius 2 is 1.15 bits per heavy atom. The summed E-state index contributed by atoms with van der Waals surface area (Å²) in [5, 5.41) is 11.0. The Morgan fingerprint density at radius 3 is 1.67 bits per heavy atom. The first-order valence-electron chi connectivity index (χ1n) is 45.1. The van der Waals surface area contributed by atoms with Crippen LogP contribution in [0.2, 0.25) is 0 Å². The van der Waals surface area contributed by atoms with Crippen molar-refractivity contribution < 1.29 is 101 Å². The Hall–Kier alpha value is -5.68. The molecule has 10 aliphatic rings. The molecule has 7 aliphatic carbocycles. The monoisotopic (exact) mass is 2050 g/mol. The molecule has 125 heavy (non-hydrogen) atoms. The summed E-state index contributed by atoms with van der Waals surface area (Å²) in [6.07, 6.45) is 41.1. The first-order valence-corrected chi connectivity index (χ1v) is 56.7. The van der Waals surface area contributed by atoms with Gasteiger partial charge in [-0.05, 0) is 228 Å². The summed E-state index contributed by atoms with van der Waals surface area (Å²) >= 11 is 4.79. The summed E-state index contributed by atoms with van der Waals surface area (Å²) in [5.41, 5.74) is 2.06. The number of halogens is 4. The summed E-state index contributed by atoms with van der Waals surface area (Å²) in [6.45, 7) is 11.0. The van der Waals surface area contributed by atoms with E-state index in [1.165, 1.54) is 65.3 Å². The fourth-order valence-electron chi connectivity index (χ4n) is 19.1. The largest absolute Gasteiger partial charge is 0.467 e. The standard InChI is InChI=1S/C33H44BrN3O9S.C31H40BrN3O9S.C18H33P.C10H12O.2ClH.Ru/c1-4-6-7-8-9-14-27(35-32(41)45-24-12-10-11-13-24)30(39)37-21-25(46-47(42,43)26-17-15-23(34)16-18-26)19-28(37)29(38)36-33(31(40)44-3)20-22(33)5-2;1-42-29(38)31-18-20(31)9-5-3-2-4-6-12-25(33-30(39)43-22-10-7-8-11-22)28(37)35-19-23(17-26(35)27(36)34-31)44-45(40,41)24-15-13-21(32)14-16-24;1-4-10-16(11-5-1)19(17-12-6-2-7-13-17)18-14-8-3-9-15-18;1-8(2)11-10-7-5-4-6-9(10)3;;;/h4-5,15-18,22,24-25,27-28H,1-2,6-14,19-21H2,3H3,(H,35,41)(H,36,38);5,9,13-16,20,22-23,25-26H,2-4,6-8,10-12,17-19H2,1H3,(H,33,39)(H,34,36);16-18H,1-15H2;3-8H,1-2H3;2*1H;/q;;;;;;+2/p-1/b;9-5-;;;;;/t22-,25+,27+,28+,33-;20-,23+,25+,26+,31-;;;;;/m11...../s1. The Bertz CT molecular complexity index is 4370. The molecule has 13 rings (SSSR count). The molecule has 3 heterocycles. The van der Waals surface area contributed by atoms with Crippen molar-refractivity contribution in [2.45, 2.75) is 344 Å². The van der Waals surface area contributed by atoms with Crippen molar-refractivity contribution in [3.05, 3.63) is 125 Å². The van der Waals surface area contributed by atoms with Crippen LogP contribution in [0.5, 0.6) is 5.75 Å². The van der Waals surface area contributed by atoms with Gasteiger partial charge in [0.2, 0.25) is 23.6 Å². The van der Waals surface area contributed by atoms with Gasteiger partial charge in [-0.2, -0.15) is 16.8 Å². The van der Waals surface area contributed by atoms with Crippen LogP contribution in [0.1, 0.15) is 257 Å². The SMILES string of the molecule is C1CCC([PH+](C2CCCCC2)C2CCCCC2)CC1.C=CCCCCC[C@H](NC(=O)OC1CCCC1)C(=O)N1C[C@@H](OS(=O)(=O)c2ccc(Br)cc2)C[C@H]1C(=O)N[C@]1(C(=O)OC)C[C@H]1C=C.CC(C)Oc1ccccc1[CH]=[Ru]([Cl])[Cl].COC(=O)[C@@]12C[C@H]1/C=C\CCCCC[C@H](NC(=O)OC1CCCC1)C(=O)N1C[C@@H](OS(=O)(=O)c3ccc(Br)cc3)C[C@H]1C(=O)N2. The molecular formula is C92H130Br2Cl2N6O19PRuS2+. The van der Waals surface area contributed by atoms with Crippen molar-refractivity contribution >= 4 is 132 Å². The molecule has 0 spiro atoms. The molecule has 0 radical (unpaired) electrons. The van der Waals surface area contributed by atoms with Crippen LogP contribution in [0.15, 0.2) is 129 Å². The molecule has 9 fully saturated rings. The van der Waals surface area contributed by atoms with E-state index in [4.69, 9.17) is 51.4 Å². The minimum Gasteiger partial charge on any atom is -0.467 e. The predicted molar refractivity (Wildman–Crippen MR) is 490 cm³/mol. The molecule has 694 valence electrons. The zero-order valence-electron chi connectivity index (χ0n) is 72.7. The smallest absolute Gasteiger partial charge is 0.408 e. The van der Waals surface area contributed by atoms with Crippen LogP contribution in [0.3, 0.4) is 0 Å². The number of rotatable bonds is 28. The van der Waals surface area contributed by atoms with Crippen LogP contribution in [0.25, 0.3) is 0 Å². The number of methoxy groups -OCH3 is 2. The topological polar surface area (TPSA) is 324 Å². The van der Waals surface area contributed by atoms with Gasteiger partial charge in [-0.1, -0.05) is 101 Å². The molecule has 6 amide bonds. The number of alkyl carbamates (subject to hydrolysis) is 2. The van der Waals surface area contributed by atoms with E-state index in [2.05, 4.69) is 66.3 Å². The summed E-state index contributed by atoms with van der Waals surface area (Å²) in [6, 6.07) is 15.2. The molecule has 3 aromatic rings. The van der Waals surface area contributed by atoms with E-state index in [1.54, 1.807) is 127 Å². The Labute approximate surface area is 771 Å². The molecule has 0 bridgehead atoms. The van der Waals surface area contributed by atoms with E-state index in [9.17, 15) is 55.2 Å². The molecular weight excluding hydrogens is 1920 g/mol. The number of carbonyl (C=O) groups is 8. The number of unbranched alkanes of at least 4 members (excludes halogenated alkanes) is 3. The molecule has 33 heteroatoms. The number of amides is 6. The second-order valence-corrected chi connectivity index (χ2v) is 49.2. The third kappa shape index (κ3) is 29.7. The average Bonchev–Trinajstić information content (AvgIpc) is 1.58. The number of fused-ring (bicyclic) bond motifs is 2. The van der Waals surface area contributed by atoms with Gasteiger partial charge in [0.25, 0.3) is 20.2 Å². The molecule has 2 saturated heterocycles. The first-order chi connectivity index (χ1) is 60.0. The molecule has 3 aromatic carbocycles. The van der Waals surface area contributed by atoms with E-state index < -0.39 is 129 Å². The second kappa shape index (κ2) is 49.5. The fraction of sp³-hybridized carbons (Fsp3) is 0.641. The number of hydrogen-bond donors (Lipinski definition) is 4. The normalized spacial score (nSPS) is 25.8. The molecule has 25 nitrogen and oxygen atoms in total. The van der Waals surface area contributed by atoms with Crippen LogP contribution in [0.4, 0.5) is 9.59 Å². The maximum absolute atomic E-state index is 14.2. The molecule has 10 atom stereocenters. The third-order valence-electron chi connectivity index (χ3n) is 25.7. The van der Waals surface area contributed by atoms with E-state index >= 15 is 0 Å². The van der Waals surface area contributed by atoms with Gasteiger partial charge in [0.1, 0.15) is 47.5 Å². The predicted octanol–water partition coefficient (Wildman–Crippen LogP) is 18.0. The zero-order valence-corrected chi connectivity index (χ0v) is 81.8. The molecule has 7 saturated carbocycles. The van der Waals surface area contributed by atoms with Gasteiger partial charge in [-0.15, -0.1) is 13.2 Å². The number of para-hydroxylation sites is 1. The zero-order chi connectivity index (χ0) is 89.9. The number of benzene rings is 3. The maximum atomic E-state index is 14.2. The quantitative estimate of drug-likeness (QED) is 0.00998. The van der Waals surface area contributed by atoms with E-state index in [0.29, 0.717) is 34.6 Å². The third-order valence-corrected chi connectivity index (χ3v) is 35.9. The summed E-state index contributed by atoms with van der Waals surface area (Å²) in [5.74, 6) is -3.44. The summed E-state index contributed by atoms with van der Waals surface area (Å²) in [7, 11) is 5.56. The number of nitrogens with zero attached hydrogens (tertiary/aromatic N) is 2. The minimum absolute atomic E-state index is 0.0465. The van der Waals surface area contributed by atoms with Crippen molar-refractivity contribution in [1.82, 2.24) is 31.1 Å². The maximum Gasteiger partial charge on any atom is 0.408 e. The average molecular weight is 2050 g/mol. The Morgan fingerprint density at radius 1 is 0.632 bits per heavy atom. The van der Waals surface area contributed by atoms with Gasteiger partial charge in [0.15, 0.2) is 0 Å². The van der Waals surface area contributed by atoms with Crippen molar-refractivity contribution in [1.29, 1.82) is 0 Å². The van der Waals surface area contributed by atoms with Crippen LogP contribution in [-0.4, -0.2) is 189 Å². The van der Waals surface area contributed by atoms with E-state index in [0.717, 1.165) is 101 Å². The number of ether oxygens (including phenoxy) is 5. The van der Waals surface area contributed by atoms with Gasteiger partial charge in [0.05, 0.1) is 53.2 Å². The molecule has 4 N–H and O–H groups in total. The van der Waals surface area contributed by atoms with E-state index in [-0.39, 0.29) is 86.6 Å². The molecule has 3 aliphatic heterocycles. The number of carbonyl (C=O) groups excluding carboxylic acids is 8. The van der Waals surface area contributed by atoms with Gasteiger partial charge < -0.3 is 50.0 Å². The first kappa shape index (κ1) is 101. The summed E-state index contributed by atoms with van der Waals surface area (Å²) < 4.78 is 93.8. The van der Waals surface area contributed by atoms with Crippen molar-refractivity contribution in [3.63, 3.8) is 0 Å². The molecule has 0 unspecified atom stereocenters. The summed E-state index contributed by atoms with van der Waals surface area (Å²) in [4.78, 5) is 110. The van der Waals surface area contributed by atoms with Gasteiger partial charge >= 0.3 is 122 Å². The van der Waals surface area contributed by atoms with E-state index in [1.807, 2.05) is 61.0 Å². The number of hydrogen-bond acceptors (Lipinski definition) is 19. The van der Waals surface area contributed by atoms with Crippen molar-refractivity contribution in [2.24, 2.45) is 11.8 Å².